The van der Waals surface area contributed by atoms with Crippen LogP contribution < -0.4 is 10.6 Å². The highest BCUT2D eigenvalue weighted by Gasteiger charge is 2.36. The monoisotopic (exact) mass is 298 g/mol. The first-order valence-electron chi connectivity index (χ1n) is 8.20. The van der Waals surface area contributed by atoms with Gasteiger partial charge in [0.15, 0.2) is 0 Å². The maximum absolute atomic E-state index is 11.8. The van der Waals surface area contributed by atoms with Gasteiger partial charge in [-0.3, -0.25) is 4.79 Å². The predicted octanol–water partition coefficient (Wildman–Crippen LogP) is 1.20. The van der Waals surface area contributed by atoms with Gasteiger partial charge in [0.1, 0.15) is 6.61 Å². The Hall–Kier alpha value is -0.650. The van der Waals surface area contributed by atoms with Crippen molar-refractivity contribution in [3.05, 3.63) is 0 Å². The van der Waals surface area contributed by atoms with Gasteiger partial charge in [-0.05, 0) is 57.0 Å². The summed E-state index contributed by atoms with van der Waals surface area (Å²) in [5.41, 5.74) is -0.422. The summed E-state index contributed by atoms with van der Waals surface area (Å²) in [6, 6.07) is 0. The molecule has 122 valence electrons. The van der Waals surface area contributed by atoms with Gasteiger partial charge in [0.2, 0.25) is 5.91 Å². The first-order valence-corrected chi connectivity index (χ1v) is 8.20. The first-order chi connectivity index (χ1) is 9.89. The molecule has 3 N–H and O–H groups in total. The highest BCUT2D eigenvalue weighted by atomic mass is 16.5. The average Bonchev–Trinajstić information content (AvgIpc) is 2.48. The number of nitrogens with one attached hydrogen (secondary N) is 2. The predicted molar refractivity (Wildman–Crippen MR) is 82.1 cm³/mol. The minimum Gasteiger partial charge on any atom is -0.388 e. The van der Waals surface area contributed by atoms with Crippen LogP contribution in [0.4, 0.5) is 0 Å². The van der Waals surface area contributed by atoms with E-state index in [1.165, 1.54) is 0 Å². The van der Waals surface area contributed by atoms with Crippen LogP contribution in [-0.4, -0.2) is 49.0 Å². The van der Waals surface area contributed by atoms with Crippen molar-refractivity contribution in [1.82, 2.24) is 10.6 Å². The summed E-state index contributed by atoms with van der Waals surface area (Å²) in [6.07, 6.45) is 5.65. The maximum Gasteiger partial charge on any atom is 0.246 e. The van der Waals surface area contributed by atoms with Crippen LogP contribution in [0.2, 0.25) is 0 Å². The van der Waals surface area contributed by atoms with Gasteiger partial charge in [0.05, 0.1) is 11.7 Å². The highest BCUT2D eigenvalue weighted by molar-refractivity contribution is 5.77. The van der Waals surface area contributed by atoms with Gasteiger partial charge in [-0.25, -0.2) is 0 Å². The molecule has 0 atom stereocenters. The van der Waals surface area contributed by atoms with Crippen LogP contribution in [0, 0.1) is 5.41 Å². The molecule has 2 aliphatic rings. The molecule has 2 fully saturated rings. The lowest BCUT2D eigenvalue weighted by molar-refractivity contribution is -0.130. The van der Waals surface area contributed by atoms with E-state index >= 15 is 0 Å². The largest absolute Gasteiger partial charge is 0.388 e. The zero-order valence-electron chi connectivity index (χ0n) is 13.4. The summed E-state index contributed by atoms with van der Waals surface area (Å²) in [7, 11) is 0. The number of aliphatic hydroxyl groups is 1. The molecule has 0 aromatic carbocycles. The van der Waals surface area contributed by atoms with Crippen LogP contribution in [0.15, 0.2) is 0 Å². The molecule has 0 aromatic rings. The standard InChI is InChI=1S/C16H30N2O3/c1-15(2)5-7-16(20,8-6-15)12-18-14(19)11-21-13-3-9-17-10-4-13/h13,17,20H,3-12H2,1-2H3,(H,18,19). The Morgan fingerprint density at radius 2 is 1.86 bits per heavy atom. The van der Waals surface area contributed by atoms with Crippen molar-refractivity contribution in [2.24, 2.45) is 5.41 Å². The van der Waals surface area contributed by atoms with Crippen LogP contribution in [0.25, 0.3) is 0 Å². The third-order valence-electron chi connectivity index (χ3n) is 4.89. The van der Waals surface area contributed by atoms with Gasteiger partial charge in [-0.15, -0.1) is 0 Å². The Morgan fingerprint density at radius 1 is 1.24 bits per heavy atom. The minimum absolute atomic E-state index is 0.103. The zero-order valence-corrected chi connectivity index (χ0v) is 13.4. The van der Waals surface area contributed by atoms with Crippen molar-refractivity contribution in [1.29, 1.82) is 0 Å². The molecule has 1 saturated carbocycles. The highest BCUT2D eigenvalue weighted by Crippen LogP contribution is 2.39. The number of carbonyl (C=O) groups excluding carboxylic acids is 1. The van der Waals surface area contributed by atoms with Gasteiger partial charge in [0.25, 0.3) is 0 Å². The molecule has 1 aliphatic heterocycles. The Kier molecular flexibility index (Phi) is 5.63. The van der Waals surface area contributed by atoms with Crippen molar-refractivity contribution >= 4 is 5.91 Å². The molecule has 1 heterocycles. The minimum atomic E-state index is -0.736. The second-order valence-corrected chi connectivity index (χ2v) is 7.43. The van der Waals surface area contributed by atoms with E-state index in [2.05, 4.69) is 24.5 Å². The number of hydrogen-bond acceptors (Lipinski definition) is 4. The quantitative estimate of drug-likeness (QED) is 0.713. The van der Waals surface area contributed by atoms with E-state index in [0.717, 1.165) is 51.6 Å². The molecule has 0 spiro atoms. The number of piperidine rings is 1. The lowest BCUT2D eigenvalue weighted by Gasteiger charge is -2.40. The topological polar surface area (TPSA) is 70.6 Å². The van der Waals surface area contributed by atoms with E-state index in [4.69, 9.17) is 4.74 Å². The normalized spacial score (nSPS) is 25.5. The molecule has 5 heteroatoms. The third kappa shape index (κ3) is 5.57. The molecule has 0 unspecified atom stereocenters. The molecular weight excluding hydrogens is 268 g/mol. The van der Waals surface area contributed by atoms with Gasteiger partial charge in [0, 0.05) is 6.54 Å². The second kappa shape index (κ2) is 7.07. The van der Waals surface area contributed by atoms with E-state index < -0.39 is 5.60 Å². The molecule has 0 radical (unpaired) electrons. The summed E-state index contributed by atoms with van der Waals surface area (Å²) in [5, 5.41) is 16.6. The Labute approximate surface area is 127 Å². The van der Waals surface area contributed by atoms with Gasteiger partial charge in [-0.2, -0.15) is 0 Å². The van der Waals surface area contributed by atoms with Crippen LogP contribution in [0.3, 0.4) is 0 Å². The van der Waals surface area contributed by atoms with Crippen molar-refractivity contribution in [3.8, 4) is 0 Å². The lowest BCUT2D eigenvalue weighted by atomic mass is 9.71. The summed E-state index contributed by atoms with van der Waals surface area (Å²) in [5.74, 6) is -0.119. The molecule has 2 rings (SSSR count). The van der Waals surface area contributed by atoms with E-state index in [9.17, 15) is 9.90 Å². The molecular formula is C16H30N2O3. The lowest BCUT2D eigenvalue weighted by Crippen LogP contribution is -2.47. The van der Waals surface area contributed by atoms with E-state index in [1.54, 1.807) is 0 Å². The average molecular weight is 298 g/mol. The fraction of sp³-hybridized carbons (Fsp3) is 0.938. The van der Waals surface area contributed by atoms with E-state index in [0.29, 0.717) is 12.0 Å². The fourth-order valence-electron chi connectivity index (χ4n) is 3.04. The molecule has 1 saturated heterocycles. The number of carbonyl (C=O) groups is 1. The smallest absolute Gasteiger partial charge is 0.246 e. The van der Waals surface area contributed by atoms with E-state index in [-0.39, 0.29) is 18.6 Å². The molecule has 0 aromatic heterocycles. The number of ether oxygens (including phenoxy) is 1. The first kappa shape index (κ1) is 16.7. The van der Waals surface area contributed by atoms with Crippen molar-refractivity contribution < 1.29 is 14.6 Å². The summed E-state index contributed by atoms with van der Waals surface area (Å²) in [6.45, 7) is 6.84. The second-order valence-electron chi connectivity index (χ2n) is 7.43. The molecule has 0 bridgehead atoms. The van der Waals surface area contributed by atoms with Gasteiger partial charge < -0.3 is 20.5 Å². The SMILES string of the molecule is CC1(C)CCC(O)(CNC(=O)COC2CCNCC2)CC1. The number of hydrogen-bond donors (Lipinski definition) is 3. The van der Waals surface area contributed by atoms with Crippen molar-refractivity contribution in [3.63, 3.8) is 0 Å². The Morgan fingerprint density at radius 3 is 2.48 bits per heavy atom. The van der Waals surface area contributed by atoms with E-state index in [1.807, 2.05) is 0 Å². The Balaban J connectivity index is 1.64. The number of rotatable bonds is 5. The van der Waals surface area contributed by atoms with Crippen LogP contribution in [0.5, 0.6) is 0 Å². The van der Waals surface area contributed by atoms with Gasteiger partial charge >= 0.3 is 0 Å². The molecule has 1 aliphatic carbocycles. The number of amides is 1. The van der Waals surface area contributed by atoms with Gasteiger partial charge in [-0.1, -0.05) is 13.8 Å². The zero-order chi connectivity index (χ0) is 15.3. The third-order valence-corrected chi connectivity index (χ3v) is 4.89. The Bertz CT molecular complexity index is 341. The molecule has 5 nitrogen and oxygen atoms in total. The van der Waals surface area contributed by atoms with Crippen LogP contribution in [0.1, 0.15) is 52.4 Å². The van der Waals surface area contributed by atoms with Crippen molar-refractivity contribution in [2.45, 2.75) is 64.1 Å². The summed E-state index contributed by atoms with van der Waals surface area (Å²) < 4.78 is 5.62. The van der Waals surface area contributed by atoms with Crippen LogP contribution in [-0.2, 0) is 9.53 Å². The maximum atomic E-state index is 11.8. The molecule has 1 amide bonds. The fourth-order valence-corrected chi connectivity index (χ4v) is 3.04. The molecule has 21 heavy (non-hydrogen) atoms. The van der Waals surface area contributed by atoms with Crippen molar-refractivity contribution in [2.75, 3.05) is 26.2 Å². The summed E-state index contributed by atoms with van der Waals surface area (Å²) >= 11 is 0. The van der Waals surface area contributed by atoms with Crippen LogP contribution >= 0.6 is 0 Å². The summed E-state index contributed by atoms with van der Waals surface area (Å²) in [4.78, 5) is 11.8.